The molecule has 2 N–H and O–H groups in total. The van der Waals surface area contributed by atoms with E-state index in [0.29, 0.717) is 6.54 Å². The maximum Gasteiger partial charge on any atom is 0.243 e. The van der Waals surface area contributed by atoms with E-state index < -0.39 is 5.54 Å². The molecule has 1 heterocycles. The molecular weight excluding hydrogens is 296 g/mol. The minimum Gasteiger partial charge on any atom is -0.346 e. The number of rotatable bonds is 1. The van der Waals surface area contributed by atoms with Crippen LogP contribution < -0.4 is 5.32 Å². The molecule has 1 aromatic rings. The van der Waals surface area contributed by atoms with E-state index in [4.69, 9.17) is 0 Å². The summed E-state index contributed by atoms with van der Waals surface area (Å²) >= 11 is 3.46. The fourth-order valence-corrected chi connectivity index (χ4v) is 3.19. The quantitative estimate of drug-likeness (QED) is 0.835. The first kappa shape index (κ1) is 12.1. The SMILES string of the molecule is Cc1cc(Br)cc(C2CN(O)C3(CC3)C(=O)N2)c1. The minimum atomic E-state index is -0.627. The molecule has 1 saturated carbocycles. The number of hydrogen-bond acceptors (Lipinski definition) is 3. The summed E-state index contributed by atoms with van der Waals surface area (Å²) in [6, 6.07) is 5.89. The zero-order valence-electron chi connectivity index (χ0n) is 10.1. The van der Waals surface area contributed by atoms with Crippen LogP contribution in [0.15, 0.2) is 22.7 Å². The summed E-state index contributed by atoms with van der Waals surface area (Å²) in [7, 11) is 0. The van der Waals surface area contributed by atoms with E-state index in [2.05, 4.69) is 21.2 Å². The van der Waals surface area contributed by atoms with Gasteiger partial charge in [-0.25, -0.2) is 0 Å². The number of aryl methyl sites for hydroxylation is 1. The zero-order chi connectivity index (χ0) is 12.9. The second kappa shape index (κ2) is 4.05. The zero-order valence-corrected chi connectivity index (χ0v) is 11.7. The second-order valence-electron chi connectivity index (χ2n) is 5.20. The molecular formula is C13H15BrN2O2. The first-order chi connectivity index (χ1) is 8.51. The van der Waals surface area contributed by atoms with Crippen LogP contribution in [-0.2, 0) is 4.79 Å². The number of nitrogens with zero attached hydrogens (tertiary/aromatic N) is 1. The van der Waals surface area contributed by atoms with Crippen LogP contribution in [0.2, 0.25) is 0 Å². The molecule has 1 atom stereocenters. The Kier molecular flexibility index (Phi) is 2.73. The Bertz CT molecular complexity index is 493. The molecule has 96 valence electrons. The molecule has 3 rings (SSSR count). The van der Waals surface area contributed by atoms with Crippen LogP contribution in [0.25, 0.3) is 0 Å². The lowest BCUT2D eigenvalue weighted by molar-refractivity contribution is -0.176. The highest BCUT2D eigenvalue weighted by molar-refractivity contribution is 9.10. The lowest BCUT2D eigenvalue weighted by Crippen LogP contribution is -2.57. The van der Waals surface area contributed by atoms with E-state index in [1.807, 2.05) is 25.1 Å². The highest BCUT2D eigenvalue weighted by Gasteiger charge is 2.58. The molecule has 0 bridgehead atoms. The van der Waals surface area contributed by atoms with E-state index in [9.17, 15) is 10.0 Å². The topological polar surface area (TPSA) is 52.6 Å². The van der Waals surface area contributed by atoms with Crippen LogP contribution in [0, 0.1) is 6.92 Å². The molecule has 5 heteroatoms. The van der Waals surface area contributed by atoms with Crippen molar-refractivity contribution in [1.82, 2.24) is 10.4 Å². The van der Waals surface area contributed by atoms with Gasteiger partial charge in [-0.05, 0) is 43.0 Å². The lowest BCUT2D eigenvalue weighted by Gasteiger charge is -2.36. The Morgan fingerprint density at radius 3 is 2.72 bits per heavy atom. The third-order valence-corrected chi connectivity index (χ3v) is 4.23. The molecule has 2 aliphatic rings. The number of amides is 1. The third-order valence-electron chi connectivity index (χ3n) is 3.77. The minimum absolute atomic E-state index is 0.0566. The molecule has 1 aliphatic carbocycles. The Balaban J connectivity index is 1.87. The Hall–Kier alpha value is -0.910. The van der Waals surface area contributed by atoms with Crippen LogP contribution >= 0.6 is 15.9 Å². The number of halogens is 1. The lowest BCUT2D eigenvalue weighted by atomic mass is 10.0. The van der Waals surface area contributed by atoms with E-state index in [1.165, 1.54) is 5.06 Å². The van der Waals surface area contributed by atoms with E-state index >= 15 is 0 Å². The van der Waals surface area contributed by atoms with Gasteiger partial charge in [-0.3, -0.25) is 4.79 Å². The highest BCUT2D eigenvalue weighted by Crippen LogP contribution is 2.44. The van der Waals surface area contributed by atoms with Crippen LogP contribution in [0.3, 0.4) is 0 Å². The van der Waals surface area contributed by atoms with E-state index in [-0.39, 0.29) is 11.9 Å². The maximum absolute atomic E-state index is 12.0. The number of piperazine rings is 1. The molecule has 1 unspecified atom stereocenters. The summed E-state index contributed by atoms with van der Waals surface area (Å²) in [5.41, 5.74) is 1.52. The number of carbonyl (C=O) groups is 1. The van der Waals surface area contributed by atoms with Gasteiger partial charge in [0.1, 0.15) is 5.54 Å². The van der Waals surface area contributed by atoms with E-state index in [1.54, 1.807) is 0 Å². The van der Waals surface area contributed by atoms with Crippen molar-refractivity contribution in [2.75, 3.05) is 6.54 Å². The molecule has 1 aliphatic heterocycles. The third kappa shape index (κ3) is 1.86. The van der Waals surface area contributed by atoms with Gasteiger partial charge in [0.2, 0.25) is 5.91 Å². The fraction of sp³-hybridized carbons (Fsp3) is 0.462. The number of hydroxylamine groups is 2. The van der Waals surface area contributed by atoms with Crippen molar-refractivity contribution in [3.63, 3.8) is 0 Å². The van der Waals surface area contributed by atoms with Gasteiger partial charge in [0.25, 0.3) is 0 Å². The standard InChI is InChI=1S/C13H15BrN2O2/c1-8-4-9(6-10(14)5-8)11-7-16(18)13(2-3-13)12(17)15-11/h4-6,11,18H,2-3,7H2,1H3,(H,15,17). The van der Waals surface area contributed by atoms with Crippen molar-refractivity contribution in [1.29, 1.82) is 0 Å². The van der Waals surface area contributed by atoms with Crippen LogP contribution in [-0.4, -0.2) is 28.3 Å². The molecule has 1 amide bonds. The van der Waals surface area contributed by atoms with E-state index in [0.717, 1.165) is 28.4 Å². The summed E-state index contributed by atoms with van der Waals surface area (Å²) in [4.78, 5) is 12.0. The van der Waals surface area contributed by atoms with Gasteiger partial charge in [-0.1, -0.05) is 22.0 Å². The molecule has 1 aromatic carbocycles. The average molecular weight is 311 g/mol. The normalized spacial score (nSPS) is 26.2. The molecule has 0 radical (unpaired) electrons. The largest absolute Gasteiger partial charge is 0.346 e. The van der Waals surface area contributed by atoms with Gasteiger partial charge in [0.15, 0.2) is 0 Å². The van der Waals surface area contributed by atoms with Gasteiger partial charge < -0.3 is 10.5 Å². The maximum atomic E-state index is 12.0. The Morgan fingerprint density at radius 1 is 1.44 bits per heavy atom. The molecule has 4 nitrogen and oxygen atoms in total. The molecule has 1 spiro atoms. The van der Waals surface area contributed by atoms with Crippen molar-refractivity contribution >= 4 is 21.8 Å². The molecule has 2 fully saturated rings. The van der Waals surface area contributed by atoms with Crippen LogP contribution in [0.1, 0.15) is 30.0 Å². The van der Waals surface area contributed by atoms with Crippen molar-refractivity contribution in [3.05, 3.63) is 33.8 Å². The monoisotopic (exact) mass is 310 g/mol. The highest BCUT2D eigenvalue weighted by atomic mass is 79.9. The first-order valence-electron chi connectivity index (χ1n) is 6.06. The number of hydrogen-bond donors (Lipinski definition) is 2. The Labute approximate surface area is 114 Å². The fourth-order valence-electron chi connectivity index (χ4n) is 2.56. The Morgan fingerprint density at radius 2 is 2.17 bits per heavy atom. The second-order valence-corrected chi connectivity index (χ2v) is 6.12. The average Bonchev–Trinajstić information content (AvgIpc) is 3.06. The van der Waals surface area contributed by atoms with Crippen LogP contribution in [0.4, 0.5) is 0 Å². The number of benzene rings is 1. The van der Waals surface area contributed by atoms with Crippen LogP contribution in [0.5, 0.6) is 0 Å². The predicted octanol–water partition coefficient (Wildman–Crippen LogP) is 2.15. The molecule has 18 heavy (non-hydrogen) atoms. The van der Waals surface area contributed by atoms with Gasteiger partial charge >= 0.3 is 0 Å². The van der Waals surface area contributed by atoms with Gasteiger partial charge in [-0.15, -0.1) is 0 Å². The molecule has 1 saturated heterocycles. The predicted molar refractivity (Wildman–Crippen MR) is 70.2 cm³/mol. The van der Waals surface area contributed by atoms with Crippen molar-refractivity contribution < 1.29 is 10.0 Å². The van der Waals surface area contributed by atoms with Crippen molar-refractivity contribution in [2.24, 2.45) is 0 Å². The van der Waals surface area contributed by atoms with Crippen molar-refractivity contribution in [2.45, 2.75) is 31.3 Å². The first-order valence-corrected chi connectivity index (χ1v) is 6.85. The molecule has 0 aromatic heterocycles. The summed E-state index contributed by atoms with van der Waals surface area (Å²) in [5.74, 6) is -0.0566. The number of carbonyl (C=O) groups excluding carboxylic acids is 1. The summed E-state index contributed by atoms with van der Waals surface area (Å²) in [6.07, 6.45) is 1.50. The summed E-state index contributed by atoms with van der Waals surface area (Å²) in [6.45, 7) is 2.46. The smallest absolute Gasteiger partial charge is 0.243 e. The summed E-state index contributed by atoms with van der Waals surface area (Å²) < 4.78 is 0.989. The summed E-state index contributed by atoms with van der Waals surface area (Å²) in [5, 5.41) is 14.2. The van der Waals surface area contributed by atoms with Gasteiger partial charge in [-0.2, -0.15) is 5.06 Å². The van der Waals surface area contributed by atoms with Gasteiger partial charge in [0, 0.05) is 11.0 Å². The van der Waals surface area contributed by atoms with Gasteiger partial charge in [0.05, 0.1) is 6.04 Å². The van der Waals surface area contributed by atoms with Crippen molar-refractivity contribution in [3.8, 4) is 0 Å². The number of nitrogens with one attached hydrogen (secondary N) is 1.